The van der Waals surface area contributed by atoms with E-state index < -0.39 is 23.1 Å². The van der Waals surface area contributed by atoms with E-state index >= 15 is 4.39 Å². The number of halogens is 3. The molecule has 2 heterocycles. The van der Waals surface area contributed by atoms with E-state index in [-0.39, 0.29) is 23.6 Å². The molecule has 0 spiro atoms. The van der Waals surface area contributed by atoms with Gasteiger partial charge in [-0.1, -0.05) is 61.5 Å². The summed E-state index contributed by atoms with van der Waals surface area (Å²) < 4.78 is 22.4. The van der Waals surface area contributed by atoms with Crippen LogP contribution in [0.15, 0.2) is 54.7 Å². The second-order valence-electron chi connectivity index (χ2n) is 10.2. The van der Waals surface area contributed by atoms with E-state index in [0.29, 0.717) is 33.3 Å². The Morgan fingerprint density at radius 1 is 1.11 bits per heavy atom. The van der Waals surface area contributed by atoms with Gasteiger partial charge in [0.15, 0.2) is 5.72 Å². The minimum Gasteiger partial charge on any atom is -0.385 e. The van der Waals surface area contributed by atoms with Crippen molar-refractivity contribution in [3.8, 4) is 0 Å². The predicted octanol–water partition coefficient (Wildman–Crippen LogP) is 7.21. The molecule has 1 fully saturated rings. The average Bonchev–Trinajstić information content (AvgIpc) is 3.18. The van der Waals surface area contributed by atoms with Crippen molar-refractivity contribution in [2.24, 2.45) is 5.92 Å². The lowest BCUT2D eigenvalue weighted by Crippen LogP contribution is -2.46. The number of benzene rings is 2. The van der Waals surface area contributed by atoms with E-state index in [4.69, 9.17) is 27.9 Å². The maximum atomic E-state index is 16.3. The van der Waals surface area contributed by atoms with Crippen LogP contribution in [0.3, 0.4) is 0 Å². The molecule has 1 saturated carbocycles. The maximum Gasteiger partial charge on any atom is 0.257 e. The van der Waals surface area contributed by atoms with E-state index in [1.165, 1.54) is 24.3 Å². The van der Waals surface area contributed by atoms with E-state index in [2.05, 4.69) is 4.98 Å². The minimum atomic E-state index is -1.56. The largest absolute Gasteiger partial charge is 0.385 e. The summed E-state index contributed by atoms with van der Waals surface area (Å²) in [5, 5.41) is 12.8. The fourth-order valence-corrected chi connectivity index (χ4v) is 6.49. The molecule has 0 bridgehead atoms. The lowest BCUT2D eigenvalue weighted by atomic mass is 9.71. The fourth-order valence-electron chi connectivity index (χ4n) is 6.25. The number of pyridine rings is 1. The lowest BCUT2D eigenvalue weighted by molar-refractivity contribution is -0.0886. The van der Waals surface area contributed by atoms with Crippen LogP contribution >= 0.6 is 23.2 Å². The summed E-state index contributed by atoms with van der Waals surface area (Å²) in [6, 6.07) is 13.3. The minimum absolute atomic E-state index is 0.00743. The quantitative estimate of drug-likeness (QED) is 0.334. The molecule has 2 atom stereocenters. The zero-order valence-electron chi connectivity index (χ0n) is 21.5. The van der Waals surface area contributed by atoms with Gasteiger partial charge in [-0.3, -0.25) is 14.7 Å². The molecule has 2 unspecified atom stereocenters. The van der Waals surface area contributed by atoms with Crippen LogP contribution in [0.2, 0.25) is 10.0 Å². The van der Waals surface area contributed by atoms with Gasteiger partial charge in [-0.15, -0.1) is 0 Å². The van der Waals surface area contributed by atoms with Gasteiger partial charge in [-0.2, -0.15) is 0 Å². The van der Waals surface area contributed by atoms with Gasteiger partial charge < -0.3 is 9.84 Å². The highest BCUT2D eigenvalue weighted by atomic mass is 35.5. The number of carbonyl (C=O) groups excluding carboxylic acids is 1. The van der Waals surface area contributed by atoms with Gasteiger partial charge in [-0.25, -0.2) is 4.39 Å². The second kappa shape index (κ2) is 10.6. The smallest absolute Gasteiger partial charge is 0.257 e. The third kappa shape index (κ3) is 4.41. The Hall–Kier alpha value is -2.51. The number of amides is 1. The lowest BCUT2D eigenvalue weighted by Gasteiger charge is -2.39. The Labute approximate surface area is 232 Å². The van der Waals surface area contributed by atoms with Crippen LogP contribution in [0.1, 0.15) is 78.2 Å². The van der Waals surface area contributed by atoms with Crippen molar-refractivity contribution >= 4 is 29.1 Å². The maximum absolute atomic E-state index is 16.3. The van der Waals surface area contributed by atoms with Crippen molar-refractivity contribution < 1.29 is 19.0 Å². The van der Waals surface area contributed by atoms with Crippen molar-refractivity contribution in [2.45, 2.75) is 63.3 Å². The molecule has 5 rings (SSSR count). The number of aromatic nitrogens is 1. The third-order valence-corrected chi connectivity index (χ3v) is 8.72. The number of carbonyl (C=O) groups is 1. The van der Waals surface area contributed by atoms with Crippen molar-refractivity contribution in [1.29, 1.82) is 0 Å². The van der Waals surface area contributed by atoms with Crippen LogP contribution in [0.4, 0.5) is 4.39 Å². The van der Waals surface area contributed by atoms with Crippen molar-refractivity contribution in [3.05, 3.63) is 98.5 Å². The molecule has 1 aliphatic carbocycles. The molecular formula is C30H31Cl2FN2O3. The van der Waals surface area contributed by atoms with Gasteiger partial charge in [0, 0.05) is 23.9 Å². The molecular weight excluding hydrogens is 526 g/mol. The molecule has 1 aromatic heterocycles. The van der Waals surface area contributed by atoms with Crippen LogP contribution in [0.5, 0.6) is 0 Å². The summed E-state index contributed by atoms with van der Waals surface area (Å²) in [6.45, 7) is 1.96. The number of rotatable bonds is 7. The van der Waals surface area contributed by atoms with E-state index in [0.717, 1.165) is 32.1 Å². The first kappa shape index (κ1) is 27.1. The molecule has 2 aliphatic rings. The molecule has 200 valence electrons. The Bertz CT molecular complexity index is 1330. The number of hydrogen-bond acceptors (Lipinski definition) is 4. The fraction of sp³-hybridized carbons (Fsp3) is 0.400. The molecule has 1 amide bonds. The number of hydrogen-bond donors (Lipinski definition) is 1. The monoisotopic (exact) mass is 556 g/mol. The number of nitrogens with zero attached hydrogens (tertiary/aromatic N) is 2. The molecule has 1 aliphatic heterocycles. The highest BCUT2D eigenvalue weighted by Gasteiger charge is 2.54. The average molecular weight is 557 g/mol. The van der Waals surface area contributed by atoms with Crippen LogP contribution in [0.25, 0.3) is 0 Å². The summed E-state index contributed by atoms with van der Waals surface area (Å²) in [6.07, 6.45) is 6.88. The summed E-state index contributed by atoms with van der Waals surface area (Å²) >= 11 is 12.2. The Morgan fingerprint density at radius 2 is 1.79 bits per heavy atom. The van der Waals surface area contributed by atoms with Gasteiger partial charge >= 0.3 is 0 Å². The number of ether oxygens (including phenoxy) is 1. The molecule has 5 nitrogen and oxygen atoms in total. The highest BCUT2D eigenvalue weighted by molar-refractivity contribution is 6.30. The molecule has 0 saturated heterocycles. The standard InChI is InChI=1S/C30H31Cl2FN2O3/c1-3-29(37,19-7-5-4-6-8-19)21-15-25-27(26(33)16-21)30(38-2,20-9-11-22(31)12-10-20)35(28(25)36)18-24-14-13-23(32)17-34-24/h9-17,19,37H,3-8,18H2,1-2H3. The van der Waals surface area contributed by atoms with Crippen LogP contribution in [-0.2, 0) is 22.6 Å². The van der Waals surface area contributed by atoms with Crippen molar-refractivity contribution in [1.82, 2.24) is 9.88 Å². The Morgan fingerprint density at radius 3 is 2.39 bits per heavy atom. The predicted molar refractivity (Wildman–Crippen MR) is 146 cm³/mol. The molecule has 3 aromatic rings. The third-order valence-electron chi connectivity index (χ3n) is 8.24. The van der Waals surface area contributed by atoms with Crippen molar-refractivity contribution in [3.63, 3.8) is 0 Å². The summed E-state index contributed by atoms with van der Waals surface area (Å²) in [4.78, 5) is 19.9. The zero-order chi connectivity index (χ0) is 27.1. The van der Waals surface area contributed by atoms with Gasteiger partial charge in [-0.05, 0) is 67.1 Å². The van der Waals surface area contributed by atoms with Crippen LogP contribution < -0.4 is 0 Å². The van der Waals surface area contributed by atoms with E-state index in [1.807, 2.05) is 6.92 Å². The van der Waals surface area contributed by atoms with Gasteiger partial charge in [0.05, 0.1) is 34.0 Å². The first-order chi connectivity index (χ1) is 18.2. The summed E-state index contributed by atoms with van der Waals surface area (Å²) in [5.74, 6) is -0.999. The zero-order valence-corrected chi connectivity index (χ0v) is 23.0. The molecule has 8 heteroatoms. The van der Waals surface area contributed by atoms with E-state index in [9.17, 15) is 9.90 Å². The second-order valence-corrected chi connectivity index (χ2v) is 11.1. The normalized spacial score (nSPS) is 21.4. The number of methoxy groups -OCH3 is 1. The van der Waals surface area contributed by atoms with E-state index in [1.54, 1.807) is 42.5 Å². The van der Waals surface area contributed by atoms with Gasteiger partial charge in [0.25, 0.3) is 5.91 Å². The Balaban J connectivity index is 1.69. The van der Waals surface area contributed by atoms with Crippen LogP contribution in [0, 0.1) is 11.7 Å². The Kier molecular flexibility index (Phi) is 7.53. The molecule has 0 radical (unpaired) electrons. The summed E-state index contributed by atoms with van der Waals surface area (Å²) in [7, 11) is 1.46. The SMILES string of the molecule is CCC(O)(c1cc(F)c2c(c1)C(=O)N(Cc1ccc(Cl)cn1)C2(OC)c1ccc(Cl)cc1)C1CCCCC1. The molecule has 2 aromatic carbocycles. The van der Waals surface area contributed by atoms with Crippen LogP contribution in [-0.4, -0.2) is 28.0 Å². The highest BCUT2D eigenvalue weighted by Crippen LogP contribution is 2.50. The number of aliphatic hydroxyl groups is 1. The molecule has 38 heavy (non-hydrogen) atoms. The first-order valence-electron chi connectivity index (χ1n) is 13.0. The number of fused-ring (bicyclic) bond motifs is 1. The van der Waals surface area contributed by atoms with Gasteiger partial charge in [0.1, 0.15) is 5.82 Å². The first-order valence-corrected chi connectivity index (χ1v) is 13.8. The van der Waals surface area contributed by atoms with Crippen molar-refractivity contribution in [2.75, 3.05) is 7.11 Å². The van der Waals surface area contributed by atoms with Gasteiger partial charge in [0.2, 0.25) is 0 Å². The molecule has 1 N–H and O–H groups in total. The summed E-state index contributed by atoms with van der Waals surface area (Å²) in [5.41, 5.74) is -0.938. The topological polar surface area (TPSA) is 62.7 Å².